The summed E-state index contributed by atoms with van der Waals surface area (Å²) in [5.41, 5.74) is 2.97. The zero-order valence-corrected chi connectivity index (χ0v) is 17.3. The van der Waals surface area contributed by atoms with E-state index in [2.05, 4.69) is 10.1 Å². The molecular formula is C23H15ClFN3OS. The normalized spacial score (nSPS) is 11.4. The molecule has 3 aromatic heterocycles. The summed E-state index contributed by atoms with van der Waals surface area (Å²) in [5, 5.41) is 8.09. The molecule has 0 aliphatic rings. The fourth-order valence-corrected chi connectivity index (χ4v) is 4.71. The molecule has 0 bridgehead atoms. The van der Waals surface area contributed by atoms with Crippen molar-refractivity contribution >= 4 is 43.9 Å². The van der Waals surface area contributed by atoms with Crippen LogP contribution in [0.5, 0.6) is 0 Å². The van der Waals surface area contributed by atoms with Crippen molar-refractivity contribution in [1.29, 1.82) is 0 Å². The number of thiophene rings is 1. The molecule has 0 N–H and O–H groups in total. The predicted molar refractivity (Wildman–Crippen MR) is 120 cm³/mol. The zero-order chi connectivity index (χ0) is 20.7. The molecular weight excluding hydrogens is 421 g/mol. The third-order valence-electron chi connectivity index (χ3n) is 5.04. The molecule has 0 aliphatic carbocycles. The smallest absolute Gasteiger partial charge is 0.267 e. The standard InChI is InChI=1S/C23H15ClFN3OS/c24-19-11-15(25)6-8-17(19)18-13-30-21-12-26-28(23(29)22(18)21)10-9-16-7-5-14-3-1-2-4-20(14)27-16/h1-8,11-13H,9-10H2. The number of halogens is 2. The minimum atomic E-state index is -0.412. The highest BCUT2D eigenvalue weighted by molar-refractivity contribution is 7.17. The minimum absolute atomic E-state index is 0.190. The van der Waals surface area contributed by atoms with E-state index in [9.17, 15) is 9.18 Å². The van der Waals surface area contributed by atoms with E-state index in [4.69, 9.17) is 11.6 Å². The monoisotopic (exact) mass is 435 g/mol. The highest BCUT2D eigenvalue weighted by Crippen LogP contribution is 2.35. The molecule has 5 aromatic rings. The number of fused-ring (bicyclic) bond motifs is 2. The van der Waals surface area contributed by atoms with Gasteiger partial charge in [0.15, 0.2) is 0 Å². The van der Waals surface area contributed by atoms with E-state index < -0.39 is 5.82 Å². The molecule has 4 nitrogen and oxygen atoms in total. The first-order valence-electron chi connectivity index (χ1n) is 9.37. The first-order chi connectivity index (χ1) is 14.6. The van der Waals surface area contributed by atoms with E-state index in [1.54, 1.807) is 12.3 Å². The molecule has 5 rings (SSSR count). The number of aromatic nitrogens is 3. The number of nitrogens with zero attached hydrogens (tertiary/aromatic N) is 3. The van der Waals surface area contributed by atoms with E-state index in [0.717, 1.165) is 21.3 Å². The number of benzene rings is 2. The minimum Gasteiger partial charge on any atom is -0.267 e. The van der Waals surface area contributed by atoms with Gasteiger partial charge in [-0.05, 0) is 30.3 Å². The van der Waals surface area contributed by atoms with Gasteiger partial charge in [-0.3, -0.25) is 9.78 Å². The summed E-state index contributed by atoms with van der Waals surface area (Å²) >= 11 is 7.65. The van der Waals surface area contributed by atoms with E-state index in [1.165, 1.54) is 28.2 Å². The fourth-order valence-electron chi connectivity index (χ4n) is 3.53. The van der Waals surface area contributed by atoms with Gasteiger partial charge in [0, 0.05) is 34.0 Å². The Balaban J connectivity index is 1.50. The molecule has 30 heavy (non-hydrogen) atoms. The molecule has 0 saturated carbocycles. The number of hydrogen-bond donors (Lipinski definition) is 0. The molecule has 3 heterocycles. The number of rotatable bonds is 4. The van der Waals surface area contributed by atoms with Crippen molar-refractivity contribution < 1.29 is 4.39 Å². The van der Waals surface area contributed by atoms with Crippen molar-refractivity contribution in [3.8, 4) is 11.1 Å². The van der Waals surface area contributed by atoms with Crippen LogP contribution >= 0.6 is 22.9 Å². The lowest BCUT2D eigenvalue weighted by molar-refractivity contribution is 0.580. The van der Waals surface area contributed by atoms with Gasteiger partial charge >= 0.3 is 0 Å². The van der Waals surface area contributed by atoms with Crippen molar-refractivity contribution in [2.75, 3.05) is 0 Å². The Morgan fingerprint density at radius 3 is 2.80 bits per heavy atom. The van der Waals surface area contributed by atoms with Crippen molar-refractivity contribution in [2.24, 2.45) is 0 Å². The molecule has 0 amide bonds. The van der Waals surface area contributed by atoms with Crippen LogP contribution in [0.3, 0.4) is 0 Å². The van der Waals surface area contributed by atoms with Crippen molar-refractivity contribution in [2.45, 2.75) is 13.0 Å². The molecule has 0 radical (unpaired) electrons. The molecule has 2 aromatic carbocycles. The molecule has 148 valence electrons. The average molecular weight is 436 g/mol. The van der Waals surface area contributed by atoms with Crippen LogP contribution in [0, 0.1) is 5.82 Å². The summed E-state index contributed by atoms with van der Waals surface area (Å²) in [6, 6.07) is 16.1. The van der Waals surface area contributed by atoms with Crippen molar-refractivity contribution in [1.82, 2.24) is 14.8 Å². The summed E-state index contributed by atoms with van der Waals surface area (Å²) < 4.78 is 15.7. The average Bonchev–Trinajstić information content (AvgIpc) is 3.18. The number of aryl methyl sites for hydroxylation is 2. The van der Waals surface area contributed by atoms with E-state index >= 15 is 0 Å². The zero-order valence-electron chi connectivity index (χ0n) is 15.7. The van der Waals surface area contributed by atoms with Crippen LogP contribution in [0.15, 0.2) is 71.0 Å². The third-order valence-corrected chi connectivity index (χ3v) is 6.27. The predicted octanol–water partition coefficient (Wildman–Crippen LogP) is 5.71. The second-order valence-corrected chi connectivity index (χ2v) is 8.25. The van der Waals surface area contributed by atoms with Gasteiger partial charge in [0.25, 0.3) is 5.56 Å². The van der Waals surface area contributed by atoms with E-state index in [-0.39, 0.29) is 10.6 Å². The number of para-hydroxylation sites is 1. The Morgan fingerprint density at radius 1 is 1.07 bits per heavy atom. The van der Waals surface area contributed by atoms with Gasteiger partial charge in [-0.1, -0.05) is 35.9 Å². The molecule has 0 aliphatic heterocycles. The third kappa shape index (κ3) is 3.38. The summed E-state index contributed by atoms with van der Waals surface area (Å²) in [6.07, 6.45) is 2.27. The SMILES string of the molecule is O=c1c2c(-c3ccc(F)cc3Cl)csc2cnn1CCc1ccc2ccccc2n1. The molecule has 0 unspecified atom stereocenters. The summed E-state index contributed by atoms with van der Waals surface area (Å²) in [7, 11) is 0. The Kier molecular flexibility index (Phi) is 4.81. The van der Waals surface area contributed by atoms with Gasteiger partial charge in [-0.2, -0.15) is 5.10 Å². The van der Waals surface area contributed by atoms with Crippen molar-refractivity contribution in [3.63, 3.8) is 0 Å². The van der Waals surface area contributed by atoms with Crippen LogP contribution in [0.1, 0.15) is 5.69 Å². The Morgan fingerprint density at radius 2 is 1.93 bits per heavy atom. The highest BCUT2D eigenvalue weighted by atomic mass is 35.5. The topological polar surface area (TPSA) is 47.8 Å². The molecule has 0 saturated heterocycles. The largest absolute Gasteiger partial charge is 0.276 e. The van der Waals surface area contributed by atoms with Crippen LogP contribution in [-0.2, 0) is 13.0 Å². The van der Waals surface area contributed by atoms with Crippen LogP contribution in [0.2, 0.25) is 5.02 Å². The quantitative estimate of drug-likeness (QED) is 0.363. The first-order valence-corrected chi connectivity index (χ1v) is 10.6. The highest BCUT2D eigenvalue weighted by Gasteiger charge is 2.15. The summed E-state index contributed by atoms with van der Waals surface area (Å²) in [6.45, 7) is 0.409. The summed E-state index contributed by atoms with van der Waals surface area (Å²) in [4.78, 5) is 17.8. The van der Waals surface area contributed by atoms with Gasteiger partial charge < -0.3 is 0 Å². The number of hydrogen-bond acceptors (Lipinski definition) is 4. The van der Waals surface area contributed by atoms with Gasteiger partial charge in [-0.15, -0.1) is 11.3 Å². The lowest BCUT2D eigenvalue weighted by Gasteiger charge is -2.07. The molecule has 0 atom stereocenters. The van der Waals surface area contributed by atoms with Crippen LogP contribution in [-0.4, -0.2) is 14.8 Å². The van der Waals surface area contributed by atoms with Crippen molar-refractivity contribution in [3.05, 3.63) is 93.1 Å². The second-order valence-electron chi connectivity index (χ2n) is 6.93. The Hall–Kier alpha value is -3.09. The van der Waals surface area contributed by atoms with Crippen LogP contribution in [0.25, 0.3) is 32.1 Å². The van der Waals surface area contributed by atoms with E-state index in [0.29, 0.717) is 29.5 Å². The maximum absolute atomic E-state index is 13.4. The fraction of sp³-hybridized carbons (Fsp3) is 0.0870. The summed E-state index contributed by atoms with van der Waals surface area (Å²) in [5.74, 6) is -0.412. The lowest BCUT2D eigenvalue weighted by Crippen LogP contribution is -2.23. The van der Waals surface area contributed by atoms with Crippen LogP contribution in [0.4, 0.5) is 4.39 Å². The van der Waals surface area contributed by atoms with Gasteiger partial charge in [0.05, 0.1) is 33.4 Å². The van der Waals surface area contributed by atoms with Gasteiger partial charge in [0.1, 0.15) is 5.82 Å². The maximum Gasteiger partial charge on any atom is 0.276 e. The van der Waals surface area contributed by atoms with Gasteiger partial charge in [-0.25, -0.2) is 9.07 Å². The maximum atomic E-state index is 13.4. The molecule has 7 heteroatoms. The van der Waals surface area contributed by atoms with E-state index in [1.807, 2.05) is 41.8 Å². The Bertz CT molecular complexity index is 1460. The van der Waals surface area contributed by atoms with Crippen LogP contribution < -0.4 is 5.56 Å². The molecule has 0 fully saturated rings. The van der Waals surface area contributed by atoms with Gasteiger partial charge in [0.2, 0.25) is 0 Å². The second kappa shape index (κ2) is 7.63. The molecule has 0 spiro atoms. The number of pyridine rings is 1. The Labute approximate surface area is 180 Å². The lowest BCUT2D eigenvalue weighted by atomic mass is 10.1. The first kappa shape index (κ1) is 18.9.